The topological polar surface area (TPSA) is 68.0 Å². The van der Waals surface area contributed by atoms with E-state index in [1.807, 2.05) is 19.9 Å². The molecule has 2 rings (SSSR count). The molecule has 0 fully saturated rings. The molecule has 0 aliphatic heterocycles. The number of amides is 1. The molecule has 0 aromatic carbocycles. The Bertz CT molecular complexity index is 588. The first kappa shape index (κ1) is 13.7. The smallest absolute Gasteiger partial charge is 0.262 e. The van der Waals surface area contributed by atoms with Gasteiger partial charge in [-0.2, -0.15) is 4.98 Å². The van der Waals surface area contributed by atoms with Crippen LogP contribution in [0, 0.1) is 13.8 Å². The van der Waals surface area contributed by atoms with E-state index in [1.54, 1.807) is 6.92 Å². The van der Waals surface area contributed by atoms with Gasteiger partial charge in [-0.1, -0.05) is 12.1 Å². The summed E-state index contributed by atoms with van der Waals surface area (Å²) in [5, 5.41) is 6.58. The Balaban J connectivity index is 2.08. The lowest BCUT2D eigenvalue weighted by atomic mass is 10.2. The van der Waals surface area contributed by atoms with E-state index in [2.05, 4.69) is 22.4 Å². The second kappa shape index (κ2) is 5.52. The number of aryl methyl sites for hydroxylation is 3. The lowest BCUT2D eigenvalue weighted by Crippen LogP contribution is -2.26. The van der Waals surface area contributed by atoms with E-state index in [0.717, 1.165) is 11.3 Å². The molecule has 6 heteroatoms. The molecule has 102 valence electrons. The minimum atomic E-state index is -0.291. The highest BCUT2D eigenvalue weighted by Crippen LogP contribution is 2.23. The van der Waals surface area contributed by atoms with Crippen molar-refractivity contribution in [2.45, 2.75) is 40.2 Å². The average molecular weight is 279 g/mol. The van der Waals surface area contributed by atoms with Gasteiger partial charge in [0.2, 0.25) is 5.89 Å². The zero-order chi connectivity index (χ0) is 14.0. The fourth-order valence-electron chi connectivity index (χ4n) is 1.80. The van der Waals surface area contributed by atoms with Gasteiger partial charge in [0.05, 0.1) is 4.88 Å². The number of nitrogens with one attached hydrogen (secondary N) is 1. The summed E-state index contributed by atoms with van der Waals surface area (Å²) in [5.74, 6) is 0.891. The lowest BCUT2D eigenvalue weighted by molar-refractivity contribution is 0.0936. The fourth-order valence-corrected chi connectivity index (χ4v) is 2.82. The van der Waals surface area contributed by atoms with Crippen LogP contribution in [0.25, 0.3) is 0 Å². The summed E-state index contributed by atoms with van der Waals surface area (Å²) in [6, 6.07) is 1.63. The van der Waals surface area contributed by atoms with Crippen LogP contribution < -0.4 is 5.32 Å². The van der Waals surface area contributed by atoms with E-state index < -0.39 is 0 Å². The highest BCUT2D eigenvalue weighted by atomic mass is 32.1. The highest BCUT2D eigenvalue weighted by Gasteiger charge is 2.18. The van der Waals surface area contributed by atoms with Gasteiger partial charge in [0, 0.05) is 4.88 Å². The quantitative estimate of drug-likeness (QED) is 0.934. The van der Waals surface area contributed by atoms with Gasteiger partial charge >= 0.3 is 0 Å². The lowest BCUT2D eigenvalue weighted by Gasteiger charge is -2.07. The Labute approximate surface area is 116 Å². The third-order valence-electron chi connectivity index (χ3n) is 2.83. The van der Waals surface area contributed by atoms with Gasteiger partial charge in [0.15, 0.2) is 5.82 Å². The zero-order valence-electron chi connectivity index (χ0n) is 11.5. The molecule has 2 heterocycles. The first-order chi connectivity index (χ1) is 9.01. The van der Waals surface area contributed by atoms with E-state index in [4.69, 9.17) is 4.52 Å². The van der Waals surface area contributed by atoms with Crippen molar-refractivity contribution in [2.75, 3.05) is 0 Å². The first-order valence-electron chi connectivity index (χ1n) is 6.21. The highest BCUT2D eigenvalue weighted by molar-refractivity contribution is 7.14. The van der Waals surface area contributed by atoms with E-state index in [-0.39, 0.29) is 11.9 Å². The largest absolute Gasteiger partial charge is 0.340 e. The summed E-state index contributed by atoms with van der Waals surface area (Å²) in [5.41, 5.74) is 1.17. The molecular weight excluding hydrogens is 262 g/mol. The number of nitrogens with zero attached hydrogens (tertiary/aromatic N) is 2. The van der Waals surface area contributed by atoms with Crippen LogP contribution in [0.2, 0.25) is 0 Å². The number of aromatic nitrogens is 2. The second-order valence-electron chi connectivity index (χ2n) is 4.45. The van der Waals surface area contributed by atoms with E-state index >= 15 is 0 Å². The van der Waals surface area contributed by atoms with Crippen molar-refractivity contribution in [1.29, 1.82) is 0 Å². The molecule has 0 bridgehead atoms. The molecule has 0 saturated carbocycles. The van der Waals surface area contributed by atoms with Crippen LogP contribution in [0.4, 0.5) is 0 Å². The van der Waals surface area contributed by atoms with Gasteiger partial charge < -0.3 is 9.84 Å². The van der Waals surface area contributed by atoms with Gasteiger partial charge in [0.1, 0.15) is 6.04 Å². The third-order valence-corrected chi connectivity index (χ3v) is 4.21. The summed E-state index contributed by atoms with van der Waals surface area (Å²) >= 11 is 1.53. The summed E-state index contributed by atoms with van der Waals surface area (Å²) in [6.45, 7) is 7.69. The van der Waals surface area contributed by atoms with Crippen molar-refractivity contribution in [2.24, 2.45) is 0 Å². The van der Waals surface area contributed by atoms with Crippen LogP contribution in [0.1, 0.15) is 51.7 Å². The van der Waals surface area contributed by atoms with Crippen LogP contribution in [-0.2, 0) is 6.42 Å². The Morgan fingerprint density at radius 1 is 1.53 bits per heavy atom. The van der Waals surface area contributed by atoms with Gasteiger partial charge in [-0.3, -0.25) is 4.79 Å². The van der Waals surface area contributed by atoms with Crippen molar-refractivity contribution in [3.63, 3.8) is 0 Å². The molecule has 19 heavy (non-hydrogen) atoms. The molecule has 0 aliphatic rings. The van der Waals surface area contributed by atoms with Crippen LogP contribution >= 0.6 is 11.3 Å². The Hall–Kier alpha value is -1.69. The Morgan fingerprint density at radius 2 is 2.26 bits per heavy atom. The van der Waals surface area contributed by atoms with Gasteiger partial charge in [-0.05, 0) is 38.8 Å². The van der Waals surface area contributed by atoms with E-state index in [0.29, 0.717) is 11.7 Å². The molecule has 0 spiro atoms. The second-order valence-corrected chi connectivity index (χ2v) is 5.58. The molecule has 0 aliphatic carbocycles. The molecule has 1 N–H and O–H groups in total. The Kier molecular flexibility index (Phi) is 3.99. The first-order valence-corrected chi connectivity index (χ1v) is 7.03. The summed E-state index contributed by atoms with van der Waals surface area (Å²) in [4.78, 5) is 18.2. The normalized spacial score (nSPS) is 12.4. The number of hydrogen-bond acceptors (Lipinski definition) is 5. The molecule has 2 aromatic heterocycles. The maximum Gasteiger partial charge on any atom is 0.262 e. The summed E-state index contributed by atoms with van der Waals surface area (Å²) in [7, 11) is 0. The number of rotatable bonds is 4. The van der Waals surface area contributed by atoms with Gasteiger partial charge in [-0.25, -0.2) is 0 Å². The van der Waals surface area contributed by atoms with Crippen molar-refractivity contribution < 1.29 is 9.32 Å². The van der Waals surface area contributed by atoms with Crippen LogP contribution in [0.5, 0.6) is 0 Å². The Morgan fingerprint density at radius 3 is 2.79 bits per heavy atom. The maximum absolute atomic E-state index is 12.1. The van der Waals surface area contributed by atoms with Crippen LogP contribution in [0.3, 0.4) is 0 Å². The molecule has 1 amide bonds. The van der Waals surface area contributed by atoms with Crippen LogP contribution in [0.15, 0.2) is 10.6 Å². The van der Waals surface area contributed by atoms with Gasteiger partial charge in [-0.15, -0.1) is 11.3 Å². The van der Waals surface area contributed by atoms with E-state index in [9.17, 15) is 4.79 Å². The van der Waals surface area contributed by atoms with Crippen molar-refractivity contribution in [1.82, 2.24) is 15.5 Å². The zero-order valence-corrected chi connectivity index (χ0v) is 12.3. The molecule has 1 atom stereocenters. The average Bonchev–Trinajstić information content (AvgIpc) is 2.95. The van der Waals surface area contributed by atoms with Crippen molar-refractivity contribution in [3.8, 4) is 0 Å². The molecule has 2 aromatic rings. The molecule has 5 nitrogen and oxygen atoms in total. The molecule has 0 saturated heterocycles. The fraction of sp³-hybridized carbons (Fsp3) is 0.462. The molecule has 0 radical (unpaired) electrons. The standard InChI is InChI=1S/C13H17N3O2S/c1-5-10-7(2)6-11(19-10)12(17)14-8(3)13-15-9(4)16-18-13/h6,8H,5H2,1-4H3,(H,14,17)/t8-/m0/s1. The minimum Gasteiger partial charge on any atom is -0.340 e. The molecular formula is C13H17N3O2S. The van der Waals surface area contributed by atoms with Crippen molar-refractivity contribution >= 4 is 17.2 Å². The van der Waals surface area contributed by atoms with Gasteiger partial charge in [0.25, 0.3) is 5.91 Å². The predicted molar refractivity (Wildman–Crippen MR) is 73.4 cm³/mol. The number of hydrogen-bond donors (Lipinski definition) is 1. The number of thiophene rings is 1. The molecule has 0 unspecified atom stereocenters. The number of carbonyl (C=O) groups excluding carboxylic acids is 1. The van der Waals surface area contributed by atoms with Crippen LogP contribution in [-0.4, -0.2) is 16.0 Å². The third kappa shape index (κ3) is 3.01. The minimum absolute atomic E-state index is 0.101. The summed E-state index contributed by atoms with van der Waals surface area (Å²) in [6.07, 6.45) is 0.947. The summed E-state index contributed by atoms with van der Waals surface area (Å²) < 4.78 is 5.04. The van der Waals surface area contributed by atoms with E-state index in [1.165, 1.54) is 21.8 Å². The number of carbonyl (C=O) groups is 1. The maximum atomic E-state index is 12.1. The SMILES string of the molecule is CCc1sc(C(=O)N[C@@H](C)c2nc(C)no2)cc1C. The predicted octanol–water partition coefficient (Wildman–Crippen LogP) is 2.80. The monoisotopic (exact) mass is 279 g/mol. The van der Waals surface area contributed by atoms with Crippen molar-refractivity contribution in [3.05, 3.63) is 33.1 Å².